The summed E-state index contributed by atoms with van der Waals surface area (Å²) in [5.74, 6) is 1.71. The summed E-state index contributed by atoms with van der Waals surface area (Å²) in [6.07, 6.45) is 4.37. The van der Waals surface area contributed by atoms with Crippen molar-refractivity contribution in [3.63, 3.8) is 0 Å². The lowest BCUT2D eigenvalue weighted by molar-refractivity contribution is 0.318. The Hall–Kier alpha value is -3.12. The average Bonchev–Trinajstić information content (AvgIpc) is 2.76. The van der Waals surface area contributed by atoms with Gasteiger partial charge < -0.3 is 4.74 Å². The highest BCUT2D eigenvalue weighted by Crippen LogP contribution is 2.21. The van der Waals surface area contributed by atoms with Crippen LogP contribution in [0.25, 0.3) is 10.9 Å². The number of aromatic nitrogens is 3. The van der Waals surface area contributed by atoms with E-state index in [1.165, 1.54) is 11.1 Å². The van der Waals surface area contributed by atoms with Gasteiger partial charge in [0.1, 0.15) is 5.75 Å². The molecule has 4 aromatic rings. The molecule has 6 heteroatoms. The first-order valence-corrected chi connectivity index (χ1v) is 11.3. The molecule has 0 aliphatic heterocycles. The fourth-order valence-electron chi connectivity index (χ4n) is 3.50. The average molecular weight is 432 g/mol. The van der Waals surface area contributed by atoms with Crippen molar-refractivity contribution in [1.29, 1.82) is 0 Å². The van der Waals surface area contributed by atoms with Crippen LogP contribution in [-0.2, 0) is 6.54 Å². The molecular formula is C25H25N3O2S. The second-order valence-electron chi connectivity index (χ2n) is 7.54. The van der Waals surface area contributed by atoms with Gasteiger partial charge in [-0.2, -0.15) is 0 Å². The van der Waals surface area contributed by atoms with Gasteiger partial charge in [-0.1, -0.05) is 36.0 Å². The second-order valence-corrected chi connectivity index (χ2v) is 8.60. The number of benzene rings is 2. The maximum Gasteiger partial charge on any atom is 0.262 e. The summed E-state index contributed by atoms with van der Waals surface area (Å²) in [6.45, 7) is 5.22. The van der Waals surface area contributed by atoms with Crippen molar-refractivity contribution in [2.75, 3.05) is 12.4 Å². The molecule has 0 radical (unpaired) electrons. The summed E-state index contributed by atoms with van der Waals surface area (Å²) in [7, 11) is 0. The van der Waals surface area contributed by atoms with Crippen LogP contribution in [0.2, 0.25) is 0 Å². The van der Waals surface area contributed by atoms with Gasteiger partial charge in [-0.3, -0.25) is 14.3 Å². The maximum absolute atomic E-state index is 13.2. The minimum Gasteiger partial charge on any atom is -0.494 e. The van der Waals surface area contributed by atoms with Crippen LogP contribution in [-0.4, -0.2) is 26.9 Å². The number of rotatable bonds is 8. The summed E-state index contributed by atoms with van der Waals surface area (Å²) < 4.78 is 7.66. The zero-order chi connectivity index (χ0) is 21.6. The predicted molar refractivity (Wildman–Crippen MR) is 126 cm³/mol. The third-order valence-electron chi connectivity index (χ3n) is 4.87. The molecule has 0 aliphatic rings. The lowest BCUT2D eigenvalue weighted by Gasteiger charge is -2.13. The van der Waals surface area contributed by atoms with E-state index in [1.807, 2.05) is 36.4 Å². The van der Waals surface area contributed by atoms with Crippen LogP contribution >= 0.6 is 11.8 Å². The lowest BCUT2D eigenvalue weighted by atomic mass is 10.1. The van der Waals surface area contributed by atoms with Crippen LogP contribution in [0.15, 0.2) is 76.9 Å². The zero-order valence-corrected chi connectivity index (χ0v) is 18.6. The Labute approximate surface area is 186 Å². The van der Waals surface area contributed by atoms with E-state index in [-0.39, 0.29) is 5.56 Å². The number of fused-ring (bicyclic) bond motifs is 1. The van der Waals surface area contributed by atoms with Crippen LogP contribution in [0.5, 0.6) is 5.75 Å². The SMILES string of the molecule is Cc1cc(C)cc(OCCCSc2nc3ccccc3c(=O)n2Cc2cccnc2)c1. The molecule has 158 valence electrons. The van der Waals surface area contributed by atoms with Crippen molar-refractivity contribution in [1.82, 2.24) is 14.5 Å². The molecule has 0 aliphatic carbocycles. The highest BCUT2D eigenvalue weighted by molar-refractivity contribution is 7.99. The lowest BCUT2D eigenvalue weighted by Crippen LogP contribution is -2.24. The van der Waals surface area contributed by atoms with Gasteiger partial charge in [-0.25, -0.2) is 4.98 Å². The molecule has 0 unspecified atom stereocenters. The molecule has 0 spiro atoms. The van der Waals surface area contributed by atoms with Crippen molar-refractivity contribution in [3.05, 3.63) is 94.0 Å². The number of para-hydroxylation sites is 1. The number of thioether (sulfide) groups is 1. The molecule has 0 saturated heterocycles. The molecule has 2 aromatic carbocycles. The van der Waals surface area contributed by atoms with Crippen LogP contribution in [0, 0.1) is 13.8 Å². The molecule has 0 amide bonds. The van der Waals surface area contributed by atoms with Crippen molar-refractivity contribution in [2.45, 2.75) is 32.0 Å². The van der Waals surface area contributed by atoms with Crippen molar-refractivity contribution >= 4 is 22.7 Å². The van der Waals surface area contributed by atoms with E-state index >= 15 is 0 Å². The summed E-state index contributed by atoms with van der Waals surface area (Å²) in [5.41, 5.74) is 4.07. The van der Waals surface area contributed by atoms with Gasteiger partial charge in [0, 0.05) is 18.1 Å². The van der Waals surface area contributed by atoms with E-state index < -0.39 is 0 Å². The smallest absolute Gasteiger partial charge is 0.262 e. The van der Waals surface area contributed by atoms with Gasteiger partial charge in [0.15, 0.2) is 5.16 Å². The van der Waals surface area contributed by atoms with Crippen LogP contribution in [0.3, 0.4) is 0 Å². The first-order valence-electron chi connectivity index (χ1n) is 10.3. The first-order chi connectivity index (χ1) is 15.1. The van der Waals surface area contributed by atoms with Crippen LogP contribution < -0.4 is 10.3 Å². The standard InChI is InChI=1S/C25H25N3O2S/c1-18-13-19(2)15-21(14-18)30-11-6-12-31-25-27-23-9-4-3-8-22(23)24(29)28(25)17-20-7-5-10-26-16-20/h3-5,7-10,13-16H,6,11-12,17H2,1-2H3. The van der Waals surface area contributed by atoms with E-state index in [9.17, 15) is 4.79 Å². The van der Waals surface area contributed by atoms with E-state index in [0.717, 1.165) is 34.2 Å². The minimum absolute atomic E-state index is 0.0246. The Bertz CT molecular complexity index is 1220. The molecule has 5 nitrogen and oxygen atoms in total. The van der Waals surface area contributed by atoms with E-state index in [0.29, 0.717) is 18.5 Å². The molecule has 0 fully saturated rings. The number of pyridine rings is 1. The normalized spacial score (nSPS) is 11.0. The molecule has 0 saturated carbocycles. The molecule has 0 atom stereocenters. The molecule has 2 heterocycles. The second kappa shape index (κ2) is 9.79. The third-order valence-corrected chi connectivity index (χ3v) is 5.94. The van der Waals surface area contributed by atoms with Crippen LogP contribution in [0.1, 0.15) is 23.1 Å². The van der Waals surface area contributed by atoms with Gasteiger partial charge >= 0.3 is 0 Å². The monoisotopic (exact) mass is 431 g/mol. The van der Waals surface area contributed by atoms with Gasteiger partial charge in [-0.05, 0) is 67.3 Å². The predicted octanol–water partition coefficient (Wildman–Crippen LogP) is 5.02. The molecule has 0 N–H and O–H groups in total. The van der Waals surface area contributed by atoms with E-state index in [2.05, 4.69) is 37.0 Å². The molecule has 0 bridgehead atoms. The first kappa shape index (κ1) is 21.1. The van der Waals surface area contributed by atoms with Gasteiger partial charge in [0.2, 0.25) is 0 Å². The quantitative estimate of drug-likeness (QED) is 0.223. The van der Waals surface area contributed by atoms with Crippen molar-refractivity contribution < 1.29 is 4.74 Å². The molecule has 31 heavy (non-hydrogen) atoms. The summed E-state index contributed by atoms with van der Waals surface area (Å²) in [4.78, 5) is 22.1. The van der Waals surface area contributed by atoms with Gasteiger partial charge in [0.05, 0.1) is 24.1 Å². The summed E-state index contributed by atoms with van der Waals surface area (Å²) in [6, 6.07) is 17.6. The Kier molecular flexibility index (Phi) is 6.67. The van der Waals surface area contributed by atoms with Crippen molar-refractivity contribution in [3.8, 4) is 5.75 Å². The maximum atomic E-state index is 13.2. The highest BCUT2D eigenvalue weighted by Gasteiger charge is 2.12. The largest absolute Gasteiger partial charge is 0.494 e. The fourth-order valence-corrected chi connectivity index (χ4v) is 4.41. The summed E-state index contributed by atoms with van der Waals surface area (Å²) >= 11 is 1.59. The molecular weight excluding hydrogens is 406 g/mol. The fraction of sp³-hybridized carbons (Fsp3) is 0.240. The van der Waals surface area contributed by atoms with E-state index in [4.69, 9.17) is 9.72 Å². The van der Waals surface area contributed by atoms with Gasteiger partial charge in [-0.15, -0.1) is 0 Å². The Morgan fingerprint density at radius 3 is 2.61 bits per heavy atom. The summed E-state index contributed by atoms with van der Waals surface area (Å²) in [5, 5.41) is 1.35. The third kappa shape index (κ3) is 5.33. The zero-order valence-electron chi connectivity index (χ0n) is 17.7. The topological polar surface area (TPSA) is 57.0 Å². The van der Waals surface area contributed by atoms with Gasteiger partial charge in [0.25, 0.3) is 5.56 Å². The number of aryl methyl sites for hydroxylation is 2. The molecule has 4 rings (SSSR count). The highest BCUT2D eigenvalue weighted by atomic mass is 32.2. The number of ether oxygens (including phenoxy) is 1. The Morgan fingerprint density at radius 1 is 1.03 bits per heavy atom. The Morgan fingerprint density at radius 2 is 1.84 bits per heavy atom. The minimum atomic E-state index is -0.0246. The van der Waals surface area contributed by atoms with Crippen molar-refractivity contribution in [2.24, 2.45) is 0 Å². The number of nitrogens with zero attached hydrogens (tertiary/aromatic N) is 3. The van der Waals surface area contributed by atoms with E-state index in [1.54, 1.807) is 28.7 Å². The molecule has 2 aromatic heterocycles. The Balaban J connectivity index is 1.48. The van der Waals surface area contributed by atoms with Crippen LogP contribution in [0.4, 0.5) is 0 Å². The number of hydrogen-bond donors (Lipinski definition) is 0. The number of hydrogen-bond acceptors (Lipinski definition) is 5.